The molecule has 2 atom stereocenters. The van der Waals surface area contributed by atoms with Crippen molar-refractivity contribution in [2.24, 2.45) is 5.92 Å². The van der Waals surface area contributed by atoms with Crippen LogP contribution in [-0.4, -0.2) is 28.6 Å². The molecule has 1 aliphatic carbocycles. The summed E-state index contributed by atoms with van der Waals surface area (Å²) in [7, 11) is 0. The van der Waals surface area contributed by atoms with E-state index in [1.54, 1.807) is 0 Å². The third-order valence-corrected chi connectivity index (χ3v) is 5.10. The molecule has 1 amide bonds. The first-order valence-electron chi connectivity index (χ1n) is 7.61. The molecule has 0 unspecified atom stereocenters. The van der Waals surface area contributed by atoms with Gasteiger partial charge >= 0.3 is 0 Å². The van der Waals surface area contributed by atoms with Crippen LogP contribution in [0.25, 0.3) is 0 Å². The molecule has 1 fully saturated rings. The molecule has 2 aliphatic rings. The first kappa shape index (κ1) is 13.6. The van der Waals surface area contributed by atoms with Gasteiger partial charge in [0.2, 0.25) is 5.91 Å². The van der Waals surface area contributed by atoms with Gasteiger partial charge in [-0.25, -0.2) is 0 Å². The number of aliphatic hydroxyl groups is 1. The maximum absolute atomic E-state index is 12.5. The van der Waals surface area contributed by atoms with Crippen LogP contribution in [0.3, 0.4) is 0 Å². The van der Waals surface area contributed by atoms with Gasteiger partial charge in [-0.1, -0.05) is 38.1 Å². The fourth-order valence-corrected chi connectivity index (χ4v) is 4.06. The van der Waals surface area contributed by atoms with Crippen LogP contribution in [0.2, 0.25) is 0 Å². The summed E-state index contributed by atoms with van der Waals surface area (Å²) in [4.78, 5) is 14.5. The maximum Gasteiger partial charge on any atom is 0.223 e. The Hall–Kier alpha value is -1.35. The average molecular weight is 273 g/mol. The van der Waals surface area contributed by atoms with Crippen molar-refractivity contribution in [3.63, 3.8) is 0 Å². The smallest absolute Gasteiger partial charge is 0.223 e. The van der Waals surface area contributed by atoms with E-state index >= 15 is 0 Å². The summed E-state index contributed by atoms with van der Waals surface area (Å²) in [5.74, 6) is 0.473. The van der Waals surface area contributed by atoms with E-state index in [1.807, 2.05) is 4.90 Å². The first-order valence-corrected chi connectivity index (χ1v) is 7.61. The van der Waals surface area contributed by atoms with Crippen LogP contribution in [0.4, 0.5) is 0 Å². The van der Waals surface area contributed by atoms with E-state index in [9.17, 15) is 9.90 Å². The number of fused-ring (bicyclic) bond motifs is 2. The minimum Gasteiger partial charge on any atom is -0.394 e. The summed E-state index contributed by atoms with van der Waals surface area (Å²) in [5, 5.41) is 9.77. The highest BCUT2D eigenvalue weighted by Crippen LogP contribution is 2.50. The highest BCUT2D eigenvalue weighted by atomic mass is 16.3. The van der Waals surface area contributed by atoms with E-state index in [1.165, 1.54) is 11.1 Å². The number of carbonyl (C=O) groups excluding carboxylic acids is 1. The lowest BCUT2D eigenvalue weighted by atomic mass is 9.86. The van der Waals surface area contributed by atoms with Crippen LogP contribution in [0.5, 0.6) is 0 Å². The fourth-order valence-electron chi connectivity index (χ4n) is 4.06. The lowest BCUT2D eigenvalue weighted by molar-refractivity contribution is -0.137. The molecule has 20 heavy (non-hydrogen) atoms. The summed E-state index contributed by atoms with van der Waals surface area (Å²) in [6.07, 6.45) is 3.54. The zero-order valence-electron chi connectivity index (χ0n) is 12.3. The topological polar surface area (TPSA) is 40.5 Å². The molecule has 1 aliphatic heterocycles. The van der Waals surface area contributed by atoms with Gasteiger partial charge in [0.1, 0.15) is 0 Å². The number of benzene rings is 1. The van der Waals surface area contributed by atoms with E-state index in [0.717, 1.165) is 19.3 Å². The summed E-state index contributed by atoms with van der Waals surface area (Å²) in [6.45, 7) is 4.22. The van der Waals surface area contributed by atoms with Crippen molar-refractivity contribution in [3.8, 4) is 0 Å². The Labute approximate surface area is 120 Å². The first-order chi connectivity index (χ1) is 9.60. The lowest BCUT2D eigenvalue weighted by Crippen LogP contribution is -2.52. The van der Waals surface area contributed by atoms with Crippen molar-refractivity contribution in [1.82, 2.24) is 4.90 Å². The molecule has 1 saturated heterocycles. The van der Waals surface area contributed by atoms with Crippen molar-refractivity contribution in [3.05, 3.63) is 35.4 Å². The van der Waals surface area contributed by atoms with Crippen molar-refractivity contribution >= 4 is 5.91 Å². The SMILES string of the molecule is CC(C)[C@@H](CO)N1C(=O)CC[C@]12CCc1ccccc12. The monoisotopic (exact) mass is 273 g/mol. The fraction of sp³-hybridized carbons (Fsp3) is 0.588. The maximum atomic E-state index is 12.5. The Morgan fingerprint density at radius 1 is 1.25 bits per heavy atom. The van der Waals surface area contributed by atoms with Crippen molar-refractivity contribution in [1.29, 1.82) is 0 Å². The second kappa shape index (κ2) is 4.88. The zero-order valence-corrected chi connectivity index (χ0v) is 12.3. The average Bonchev–Trinajstić information content (AvgIpc) is 2.96. The number of carbonyl (C=O) groups is 1. The molecule has 0 bridgehead atoms. The quantitative estimate of drug-likeness (QED) is 0.919. The summed E-state index contributed by atoms with van der Waals surface area (Å²) in [5.41, 5.74) is 2.52. The summed E-state index contributed by atoms with van der Waals surface area (Å²) in [6, 6.07) is 8.41. The summed E-state index contributed by atoms with van der Waals surface area (Å²) >= 11 is 0. The van der Waals surface area contributed by atoms with Crippen LogP contribution in [0.1, 0.15) is 44.2 Å². The molecule has 1 N–H and O–H groups in total. The molecule has 1 spiro atoms. The number of hydrogen-bond donors (Lipinski definition) is 1. The number of likely N-dealkylation sites (tertiary alicyclic amines) is 1. The van der Waals surface area contributed by atoms with Crippen LogP contribution in [0, 0.1) is 5.92 Å². The van der Waals surface area contributed by atoms with Gasteiger partial charge in [0, 0.05) is 6.42 Å². The Bertz CT molecular complexity index is 525. The molecule has 108 valence electrons. The van der Waals surface area contributed by atoms with Crippen molar-refractivity contribution in [2.45, 2.75) is 51.1 Å². The highest BCUT2D eigenvalue weighted by molar-refractivity contribution is 5.81. The second-order valence-corrected chi connectivity index (χ2v) is 6.45. The number of nitrogens with zero attached hydrogens (tertiary/aromatic N) is 1. The molecule has 1 aromatic carbocycles. The Kier molecular flexibility index (Phi) is 3.33. The van der Waals surface area contributed by atoms with Gasteiger partial charge < -0.3 is 10.0 Å². The van der Waals surface area contributed by atoms with E-state index in [2.05, 4.69) is 38.1 Å². The molecule has 1 aromatic rings. The molecule has 3 rings (SSSR count). The molecular weight excluding hydrogens is 250 g/mol. The van der Waals surface area contributed by atoms with Gasteiger partial charge in [-0.2, -0.15) is 0 Å². The minimum absolute atomic E-state index is 0.0489. The molecule has 0 aromatic heterocycles. The highest BCUT2D eigenvalue weighted by Gasteiger charge is 2.52. The second-order valence-electron chi connectivity index (χ2n) is 6.45. The zero-order chi connectivity index (χ0) is 14.3. The van der Waals surface area contributed by atoms with Crippen LogP contribution in [-0.2, 0) is 16.8 Å². The van der Waals surface area contributed by atoms with E-state index in [0.29, 0.717) is 6.42 Å². The van der Waals surface area contributed by atoms with Gasteiger partial charge in [0.05, 0.1) is 18.2 Å². The number of rotatable bonds is 3. The molecule has 1 heterocycles. The normalized spacial score (nSPS) is 26.6. The molecule has 3 nitrogen and oxygen atoms in total. The molecule has 0 saturated carbocycles. The van der Waals surface area contributed by atoms with Crippen molar-refractivity contribution in [2.75, 3.05) is 6.61 Å². The number of aryl methyl sites for hydroxylation is 1. The van der Waals surface area contributed by atoms with E-state index in [-0.39, 0.29) is 30.0 Å². The van der Waals surface area contributed by atoms with Crippen LogP contribution >= 0.6 is 0 Å². The Balaban J connectivity index is 2.07. The third-order valence-electron chi connectivity index (χ3n) is 5.10. The Morgan fingerprint density at radius 3 is 2.65 bits per heavy atom. The van der Waals surface area contributed by atoms with Crippen LogP contribution in [0.15, 0.2) is 24.3 Å². The van der Waals surface area contributed by atoms with Crippen molar-refractivity contribution < 1.29 is 9.90 Å². The van der Waals surface area contributed by atoms with Gasteiger partial charge in [-0.05, 0) is 36.3 Å². The molecule has 0 radical (unpaired) electrons. The lowest BCUT2D eigenvalue weighted by Gasteiger charge is -2.42. The van der Waals surface area contributed by atoms with Gasteiger partial charge in [-0.3, -0.25) is 4.79 Å². The van der Waals surface area contributed by atoms with Gasteiger partial charge in [0.15, 0.2) is 0 Å². The number of aliphatic hydroxyl groups excluding tert-OH is 1. The largest absolute Gasteiger partial charge is 0.394 e. The number of hydrogen-bond acceptors (Lipinski definition) is 2. The number of amides is 1. The van der Waals surface area contributed by atoms with E-state index < -0.39 is 0 Å². The predicted octanol–water partition coefficient (Wildman–Crippen LogP) is 2.47. The summed E-state index contributed by atoms with van der Waals surface area (Å²) < 4.78 is 0. The van der Waals surface area contributed by atoms with Gasteiger partial charge in [0.25, 0.3) is 0 Å². The Morgan fingerprint density at radius 2 is 1.95 bits per heavy atom. The molecular formula is C17H23NO2. The molecule has 3 heteroatoms. The predicted molar refractivity (Wildman–Crippen MR) is 78.2 cm³/mol. The third kappa shape index (κ3) is 1.80. The van der Waals surface area contributed by atoms with Crippen LogP contribution < -0.4 is 0 Å². The standard InChI is InChI=1S/C17H23NO2/c1-12(2)15(11-19)18-16(20)8-10-17(18)9-7-13-5-3-4-6-14(13)17/h3-6,12,15,19H,7-11H2,1-2H3/t15-,17+/m1/s1. The minimum atomic E-state index is -0.161. The van der Waals surface area contributed by atoms with Gasteiger partial charge in [-0.15, -0.1) is 0 Å². The van der Waals surface area contributed by atoms with E-state index in [4.69, 9.17) is 0 Å².